The summed E-state index contributed by atoms with van der Waals surface area (Å²) in [6, 6.07) is 3.83. The molecule has 1 aromatic carbocycles. The Labute approximate surface area is 198 Å². The number of aromatic nitrogens is 4. The third-order valence-electron chi connectivity index (χ3n) is 5.45. The molecule has 0 aliphatic rings. The molecule has 0 spiro atoms. The van der Waals surface area contributed by atoms with E-state index in [2.05, 4.69) is 25.4 Å². The number of pyridine rings is 1. The van der Waals surface area contributed by atoms with Crippen molar-refractivity contribution in [3.63, 3.8) is 0 Å². The molecule has 0 radical (unpaired) electrons. The van der Waals surface area contributed by atoms with Gasteiger partial charge in [-0.1, -0.05) is 6.92 Å². The van der Waals surface area contributed by atoms with Gasteiger partial charge in [-0.05, 0) is 24.6 Å². The maximum absolute atomic E-state index is 14.4. The molecule has 4 rings (SSSR count). The van der Waals surface area contributed by atoms with Gasteiger partial charge < -0.3 is 20.4 Å². The Morgan fingerprint density at radius 1 is 1.23 bits per heavy atom. The highest BCUT2D eigenvalue weighted by Gasteiger charge is 2.23. The van der Waals surface area contributed by atoms with Gasteiger partial charge >= 0.3 is 0 Å². The molecular formula is C23H21F3N8O. The number of rotatable bonds is 8. The van der Waals surface area contributed by atoms with E-state index in [1.54, 1.807) is 10.8 Å². The van der Waals surface area contributed by atoms with Gasteiger partial charge in [-0.25, -0.2) is 33.7 Å². The summed E-state index contributed by atoms with van der Waals surface area (Å²) in [7, 11) is 1.32. The van der Waals surface area contributed by atoms with E-state index in [0.717, 1.165) is 12.1 Å². The van der Waals surface area contributed by atoms with Gasteiger partial charge in [0.05, 0.1) is 24.2 Å². The number of nitrogens with zero attached hydrogens (tertiary/aromatic N) is 5. The van der Waals surface area contributed by atoms with Gasteiger partial charge in [0.15, 0.2) is 5.82 Å². The lowest BCUT2D eigenvalue weighted by Crippen LogP contribution is -2.11. The molecule has 3 aromatic heterocycles. The number of hydrogen-bond donors (Lipinski definition) is 3. The van der Waals surface area contributed by atoms with E-state index in [9.17, 15) is 13.2 Å². The molecule has 0 fully saturated rings. The van der Waals surface area contributed by atoms with E-state index < -0.39 is 23.5 Å². The molecule has 0 aliphatic heterocycles. The lowest BCUT2D eigenvalue weighted by molar-refractivity contribution is 0.369. The first kappa shape index (κ1) is 23.7. The number of nitrogen functional groups attached to an aromatic ring is 1. The zero-order valence-corrected chi connectivity index (χ0v) is 18.8. The summed E-state index contributed by atoms with van der Waals surface area (Å²) in [5, 5.41) is 6.82. The van der Waals surface area contributed by atoms with E-state index >= 15 is 0 Å². The molecule has 3 heterocycles. The number of allylic oxidation sites excluding steroid dienone is 1. The number of nitrogens with one attached hydrogen (secondary N) is 2. The van der Waals surface area contributed by atoms with Crippen molar-refractivity contribution in [1.29, 1.82) is 5.53 Å². The Balaban J connectivity index is 1.82. The maximum atomic E-state index is 14.4. The Morgan fingerprint density at radius 2 is 2.03 bits per heavy atom. The minimum atomic E-state index is -0.790. The number of fused-ring (bicyclic) bond motifs is 1. The molecule has 4 aromatic rings. The van der Waals surface area contributed by atoms with Gasteiger partial charge in [0.25, 0.3) is 0 Å². The summed E-state index contributed by atoms with van der Waals surface area (Å²) < 4.78 is 48.3. The molecule has 1 unspecified atom stereocenters. The molecule has 4 N–H and O–H groups in total. The molecule has 35 heavy (non-hydrogen) atoms. The lowest BCUT2D eigenvalue weighted by Gasteiger charge is -2.18. The fourth-order valence-electron chi connectivity index (χ4n) is 3.80. The molecule has 0 aliphatic carbocycles. The van der Waals surface area contributed by atoms with Crippen LogP contribution < -0.4 is 15.8 Å². The van der Waals surface area contributed by atoms with E-state index in [0.29, 0.717) is 28.6 Å². The van der Waals surface area contributed by atoms with E-state index in [1.165, 1.54) is 38.0 Å². The molecular weight excluding hydrogens is 461 g/mol. The van der Waals surface area contributed by atoms with Crippen molar-refractivity contribution in [2.24, 2.45) is 5.11 Å². The number of anilines is 2. The van der Waals surface area contributed by atoms with Gasteiger partial charge in [0.1, 0.15) is 35.1 Å². The van der Waals surface area contributed by atoms with Crippen LogP contribution in [0.25, 0.3) is 22.2 Å². The number of hydrogen-bond acceptors (Lipinski definition) is 8. The minimum absolute atomic E-state index is 0.0202. The van der Waals surface area contributed by atoms with Crippen molar-refractivity contribution in [3.8, 4) is 17.0 Å². The third-order valence-corrected chi connectivity index (χ3v) is 5.45. The highest BCUT2D eigenvalue weighted by molar-refractivity contribution is 6.00. The second-order valence-electron chi connectivity index (χ2n) is 7.50. The lowest BCUT2D eigenvalue weighted by atomic mass is 10.1. The summed E-state index contributed by atoms with van der Waals surface area (Å²) in [5.41, 5.74) is 15.5. The highest BCUT2D eigenvalue weighted by Crippen LogP contribution is 2.37. The van der Waals surface area contributed by atoms with Crippen LogP contribution in [-0.2, 0) is 0 Å². The van der Waals surface area contributed by atoms with Gasteiger partial charge in [0, 0.05) is 35.8 Å². The van der Waals surface area contributed by atoms with Gasteiger partial charge in [0.2, 0.25) is 5.88 Å². The maximum Gasteiger partial charge on any atom is 0.250 e. The molecule has 0 bridgehead atoms. The third kappa shape index (κ3) is 4.50. The molecule has 180 valence electrons. The number of nitrogens with two attached hydrogens (primary N) is 1. The minimum Gasteiger partial charge on any atom is -0.479 e. The molecule has 9 nitrogen and oxygen atoms in total. The number of halogens is 3. The van der Waals surface area contributed by atoms with Crippen LogP contribution in [-0.4, -0.2) is 26.6 Å². The standard InChI is InChI=1S/C23H21F3N8O/c1-3-19(18(33-28)9-29-17-5-4-13(24)7-15(17)25)34-10-14(20-21(27)31-11-32-22(20)34)12-6-16(26)23(35-2)30-8-12/h4-11,19,28-29H,3H2,1-2H3,(H2,27,31,32)/b18-9-,33-28?. The van der Waals surface area contributed by atoms with Gasteiger partial charge in [-0.15, -0.1) is 0 Å². The second kappa shape index (κ2) is 9.79. The summed E-state index contributed by atoms with van der Waals surface area (Å²) in [4.78, 5) is 12.4. The average Bonchev–Trinajstić information content (AvgIpc) is 3.23. The normalized spacial score (nSPS) is 12.5. The fourth-order valence-corrected chi connectivity index (χ4v) is 3.80. The van der Waals surface area contributed by atoms with Gasteiger partial charge in [-0.3, -0.25) is 0 Å². The van der Waals surface area contributed by atoms with Crippen molar-refractivity contribution >= 4 is 22.5 Å². The second-order valence-corrected chi connectivity index (χ2v) is 7.50. The topological polar surface area (TPSA) is 127 Å². The van der Waals surface area contributed by atoms with Gasteiger partial charge in [-0.2, -0.15) is 5.11 Å². The first-order chi connectivity index (χ1) is 16.9. The van der Waals surface area contributed by atoms with Crippen LogP contribution >= 0.6 is 0 Å². The Hall–Kier alpha value is -4.48. The zero-order valence-electron chi connectivity index (χ0n) is 18.8. The SMILES string of the molecule is CCC(/C(=C/Nc1ccc(F)cc1F)N=N)n1cc(-c2cnc(OC)c(F)c2)c2c(N)ncnc21. The number of methoxy groups -OCH3 is 1. The molecule has 0 saturated heterocycles. The smallest absolute Gasteiger partial charge is 0.250 e. The van der Waals surface area contributed by atoms with Crippen LogP contribution in [0.3, 0.4) is 0 Å². The Bertz CT molecular complexity index is 1440. The first-order valence-corrected chi connectivity index (χ1v) is 10.5. The van der Waals surface area contributed by atoms with Crippen LogP contribution in [0.5, 0.6) is 5.88 Å². The van der Waals surface area contributed by atoms with Crippen molar-refractivity contribution < 1.29 is 17.9 Å². The highest BCUT2D eigenvalue weighted by atomic mass is 19.1. The van der Waals surface area contributed by atoms with Crippen LogP contribution in [0.15, 0.2) is 60.0 Å². The predicted octanol–water partition coefficient (Wildman–Crippen LogP) is 5.44. The van der Waals surface area contributed by atoms with Crippen LogP contribution in [0.2, 0.25) is 0 Å². The zero-order chi connectivity index (χ0) is 25.1. The summed E-state index contributed by atoms with van der Waals surface area (Å²) in [5.74, 6) is -2.12. The van der Waals surface area contributed by atoms with E-state index in [1.807, 2.05) is 6.92 Å². The van der Waals surface area contributed by atoms with Crippen LogP contribution in [0, 0.1) is 23.0 Å². The van der Waals surface area contributed by atoms with Crippen molar-refractivity contribution in [1.82, 2.24) is 19.5 Å². The molecule has 0 amide bonds. The quantitative estimate of drug-likeness (QED) is 0.287. The molecule has 0 saturated carbocycles. The number of ether oxygens (including phenoxy) is 1. The van der Waals surface area contributed by atoms with E-state index in [-0.39, 0.29) is 23.1 Å². The largest absolute Gasteiger partial charge is 0.479 e. The Kier molecular flexibility index (Phi) is 6.62. The summed E-state index contributed by atoms with van der Waals surface area (Å²) in [6.07, 6.45) is 6.26. The van der Waals surface area contributed by atoms with Crippen molar-refractivity contribution in [2.45, 2.75) is 19.4 Å². The summed E-state index contributed by atoms with van der Waals surface area (Å²) >= 11 is 0. The monoisotopic (exact) mass is 482 g/mol. The predicted molar refractivity (Wildman–Crippen MR) is 124 cm³/mol. The van der Waals surface area contributed by atoms with Crippen molar-refractivity contribution in [2.75, 3.05) is 18.2 Å². The molecule has 1 atom stereocenters. The summed E-state index contributed by atoms with van der Waals surface area (Å²) in [6.45, 7) is 1.87. The van der Waals surface area contributed by atoms with Crippen LogP contribution in [0.4, 0.5) is 24.7 Å². The first-order valence-electron chi connectivity index (χ1n) is 10.5. The number of benzene rings is 1. The fraction of sp³-hybridized carbons (Fsp3) is 0.174. The van der Waals surface area contributed by atoms with Crippen molar-refractivity contribution in [3.05, 3.63) is 72.3 Å². The molecule has 12 heteroatoms. The average molecular weight is 482 g/mol. The Morgan fingerprint density at radius 3 is 2.69 bits per heavy atom. The van der Waals surface area contributed by atoms with Crippen LogP contribution in [0.1, 0.15) is 19.4 Å². The van der Waals surface area contributed by atoms with E-state index in [4.69, 9.17) is 16.0 Å².